The fourth-order valence-electron chi connectivity index (χ4n) is 1.89. The molecule has 0 radical (unpaired) electrons. The van der Waals surface area contributed by atoms with Gasteiger partial charge in [-0.3, -0.25) is 9.69 Å². The third kappa shape index (κ3) is 3.26. The Labute approximate surface area is 127 Å². The Morgan fingerprint density at radius 3 is 2.43 bits per heavy atom. The number of sulfonamides is 1. The number of carbonyl (C=O) groups is 1. The van der Waals surface area contributed by atoms with Gasteiger partial charge in [-0.25, -0.2) is 4.39 Å². The van der Waals surface area contributed by atoms with E-state index in [0.717, 1.165) is 36.0 Å². The van der Waals surface area contributed by atoms with Crippen LogP contribution >= 0.6 is 11.8 Å². The highest BCUT2D eigenvalue weighted by molar-refractivity contribution is 8.16. The van der Waals surface area contributed by atoms with Gasteiger partial charge in [0.1, 0.15) is 5.82 Å². The van der Waals surface area contributed by atoms with Gasteiger partial charge in [0.25, 0.3) is 10.0 Å². The van der Waals surface area contributed by atoms with Gasteiger partial charge < -0.3 is 0 Å². The highest BCUT2D eigenvalue weighted by atomic mass is 32.2. The largest absolute Gasteiger partial charge is 0.290 e. The molecule has 21 heavy (non-hydrogen) atoms. The van der Waals surface area contributed by atoms with Crippen LogP contribution in [0.1, 0.15) is 20.3 Å². The Kier molecular flexibility index (Phi) is 4.67. The summed E-state index contributed by atoms with van der Waals surface area (Å²) in [4.78, 5) is 13.3. The van der Waals surface area contributed by atoms with E-state index in [1.165, 1.54) is 4.90 Å². The van der Waals surface area contributed by atoms with Gasteiger partial charge in [-0.2, -0.15) is 8.42 Å². The average molecular weight is 330 g/mol. The van der Waals surface area contributed by atoms with E-state index in [1.807, 2.05) is 6.92 Å². The van der Waals surface area contributed by atoms with Crippen LogP contribution in [0.4, 0.5) is 4.39 Å². The number of hydrogen-bond donors (Lipinski definition) is 0. The van der Waals surface area contributed by atoms with Crippen LogP contribution in [0.15, 0.2) is 33.6 Å². The highest BCUT2D eigenvalue weighted by Gasteiger charge is 2.37. The van der Waals surface area contributed by atoms with Gasteiger partial charge >= 0.3 is 0 Å². The fraction of sp³-hybridized carbons (Fsp3) is 0.385. The minimum atomic E-state index is -3.95. The Bertz CT molecular complexity index is 671. The maximum absolute atomic E-state index is 12.9. The number of nitrogens with zero attached hydrogens (tertiary/aromatic N) is 2. The second-order valence-corrected chi connectivity index (χ2v) is 7.17. The van der Waals surface area contributed by atoms with E-state index < -0.39 is 15.8 Å². The summed E-state index contributed by atoms with van der Waals surface area (Å²) < 4.78 is 41.0. The standard InChI is InChI=1S/C13H15FN2O3S2/c1-3-11-12(17)16(4-2)13(20-11)15-21(18,19)10-7-5-9(14)6-8-10/h5-8,11H,3-4H2,1-2H3/t11-/m1/s1. The zero-order valence-corrected chi connectivity index (χ0v) is 13.2. The Morgan fingerprint density at radius 2 is 1.90 bits per heavy atom. The summed E-state index contributed by atoms with van der Waals surface area (Å²) in [5.74, 6) is -0.647. The van der Waals surface area contributed by atoms with Crippen molar-refractivity contribution in [2.24, 2.45) is 4.40 Å². The average Bonchev–Trinajstić information content (AvgIpc) is 2.74. The fourth-order valence-corrected chi connectivity index (χ4v) is 4.24. The molecule has 1 aromatic carbocycles. The van der Waals surface area contributed by atoms with Crippen LogP contribution in [-0.2, 0) is 14.8 Å². The predicted octanol–water partition coefficient (Wildman–Crippen LogP) is 2.24. The first-order chi connectivity index (χ1) is 9.89. The van der Waals surface area contributed by atoms with Crippen LogP contribution in [0.3, 0.4) is 0 Å². The summed E-state index contributed by atoms with van der Waals surface area (Å²) in [6.45, 7) is 3.98. The number of hydrogen-bond acceptors (Lipinski definition) is 4. The number of benzene rings is 1. The molecule has 2 rings (SSSR count). The second-order valence-electron chi connectivity index (χ2n) is 4.40. The molecule has 1 atom stereocenters. The predicted molar refractivity (Wildman–Crippen MR) is 80.1 cm³/mol. The number of carbonyl (C=O) groups excluding carboxylic acids is 1. The summed E-state index contributed by atoms with van der Waals surface area (Å²) >= 11 is 1.15. The van der Waals surface area contributed by atoms with Crippen LogP contribution in [0.5, 0.6) is 0 Å². The van der Waals surface area contributed by atoms with Crippen molar-refractivity contribution in [1.82, 2.24) is 4.90 Å². The normalized spacial score (nSPS) is 21.3. The van der Waals surface area contributed by atoms with Gasteiger partial charge in [0.05, 0.1) is 10.1 Å². The monoisotopic (exact) mass is 330 g/mol. The maximum Gasteiger partial charge on any atom is 0.284 e. The van der Waals surface area contributed by atoms with Gasteiger partial charge in [0.15, 0.2) is 5.17 Å². The van der Waals surface area contributed by atoms with E-state index in [0.29, 0.717) is 13.0 Å². The first kappa shape index (κ1) is 16.0. The lowest BCUT2D eigenvalue weighted by atomic mass is 10.3. The van der Waals surface area contributed by atoms with Gasteiger partial charge in [-0.1, -0.05) is 18.7 Å². The molecule has 5 nitrogen and oxygen atoms in total. The van der Waals surface area contributed by atoms with E-state index >= 15 is 0 Å². The second kappa shape index (κ2) is 6.15. The van der Waals surface area contributed by atoms with E-state index in [1.54, 1.807) is 6.92 Å². The lowest BCUT2D eigenvalue weighted by Gasteiger charge is -2.12. The van der Waals surface area contributed by atoms with Crippen molar-refractivity contribution in [3.05, 3.63) is 30.1 Å². The van der Waals surface area contributed by atoms with Crippen molar-refractivity contribution in [2.75, 3.05) is 6.54 Å². The molecular formula is C13H15FN2O3S2. The zero-order chi connectivity index (χ0) is 15.6. The first-order valence-electron chi connectivity index (χ1n) is 6.47. The van der Waals surface area contributed by atoms with Crippen LogP contribution in [0.25, 0.3) is 0 Å². The molecule has 0 aliphatic carbocycles. The van der Waals surface area contributed by atoms with E-state index in [4.69, 9.17) is 0 Å². The molecule has 0 bridgehead atoms. The minimum absolute atomic E-state index is 0.0968. The maximum atomic E-state index is 12.9. The molecular weight excluding hydrogens is 315 g/mol. The van der Waals surface area contributed by atoms with E-state index in [2.05, 4.69) is 4.40 Å². The molecule has 0 saturated carbocycles. The summed E-state index contributed by atoms with van der Waals surface area (Å²) in [6.07, 6.45) is 0.607. The number of rotatable bonds is 4. The molecule has 1 saturated heterocycles. The smallest absolute Gasteiger partial charge is 0.284 e. The number of amides is 1. The summed E-state index contributed by atoms with van der Waals surface area (Å²) in [5.41, 5.74) is 0. The molecule has 1 fully saturated rings. The van der Waals surface area contributed by atoms with Crippen molar-refractivity contribution in [1.29, 1.82) is 0 Å². The molecule has 1 amide bonds. The molecule has 0 unspecified atom stereocenters. The Hall–Kier alpha value is -1.41. The third-order valence-electron chi connectivity index (χ3n) is 3.02. The number of halogens is 1. The minimum Gasteiger partial charge on any atom is -0.290 e. The van der Waals surface area contributed by atoms with Crippen LogP contribution in [0.2, 0.25) is 0 Å². The molecule has 1 aliphatic rings. The van der Waals surface area contributed by atoms with Crippen LogP contribution in [0, 0.1) is 5.82 Å². The van der Waals surface area contributed by atoms with Crippen molar-refractivity contribution in [2.45, 2.75) is 30.4 Å². The molecule has 1 heterocycles. The molecule has 1 aliphatic heterocycles. The van der Waals surface area contributed by atoms with Crippen molar-refractivity contribution < 1.29 is 17.6 Å². The summed E-state index contributed by atoms with van der Waals surface area (Å²) in [6, 6.07) is 4.44. The summed E-state index contributed by atoms with van der Waals surface area (Å²) in [7, 11) is -3.95. The van der Waals surface area contributed by atoms with Crippen LogP contribution < -0.4 is 0 Å². The molecule has 0 aromatic heterocycles. The molecule has 114 valence electrons. The van der Waals surface area contributed by atoms with E-state index in [9.17, 15) is 17.6 Å². The quantitative estimate of drug-likeness (QED) is 0.849. The molecule has 1 aromatic rings. The zero-order valence-electron chi connectivity index (χ0n) is 11.6. The Balaban J connectivity index is 2.37. The van der Waals surface area contributed by atoms with Gasteiger partial charge in [0.2, 0.25) is 5.91 Å². The van der Waals surface area contributed by atoms with E-state index in [-0.39, 0.29) is 21.2 Å². The van der Waals surface area contributed by atoms with Crippen molar-refractivity contribution in [3.8, 4) is 0 Å². The highest BCUT2D eigenvalue weighted by Crippen LogP contribution is 2.30. The first-order valence-corrected chi connectivity index (χ1v) is 8.79. The molecule has 0 spiro atoms. The van der Waals surface area contributed by atoms with Gasteiger partial charge in [-0.05, 0) is 37.6 Å². The topological polar surface area (TPSA) is 66.8 Å². The van der Waals surface area contributed by atoms with Crippen molar-refractivity contribution >= 4 is 32.9 Å². The summed E-state index contributed by atoms with van der Waals surface area (Å²) in [5, 5.41) is -0.120. The SMILES string of the molecule is CC[C@H]1SC(=NS(=O)(=O)c2ccc(F)cc2)N(CC)C1=O. The lowest BCUT2D eigenvalue weighted by molar-refractivity contribution is -0.126. The van der Waals surface area contributed by atoms with Crippen LogP contribution in [-0.4, -0.2) is 36.2 Å². The van der Waals surface area contributed by atoms with Gasteiger partial charge in [0, 0.05) is 6.54 Å². The number of thioether (sulfide) groups is 1. The molecule has 8 heteroatoms. The van der Waals surface area contributed by atoms with Crippen molar-refractivity contribution in [3.63, 3.8) is 0 Å². The third-order valence-corrected chi connectivity index (χ3v) is 5.76. The lowest BCUT2D eigenvalue weighted by Crippen LogP contribution is -2.32. The number of amidine groups is 1. The Morgan fingerprint density at radius 1 is 1.29 bits per heavy atom. The van der Waals surface area contributed by atoms with Gasteiger partial charge in [-0.15, -0.1) is 4.40 Å². The molecule has 0 N–H and O–H groups in total.